The minimum atomic E-state index is 0.669. The molecule has 1 aromatic heterocycles. The smallest absolute Gasteiger partial charge is 0.106 e. The van der Waals surface area contributed by atoms with Gasteiger partial charge < -0.3 is 10.2 Å². The summed E-state index contributed by atoms with van der Waals surface area (Å²) in [6.07, 6.45) is 5.77. The number of hydrogen-bond donors (Lipinski definition) is 1. The number of thiazole rings is 1. The van der Waals surface area contributed by atoms with Crippen LogP contribution in [0, 0.1) is 0 Å². The van der Waals surface area contributed by atoms with E-state index in [1.54, 1.807) is 11.3 Å². The molecule has 0 saturated carbocycles. The lowest BCUT2D eigenvalue weighted by Crippen LogP contribution is -2.33. The van der Waals surface area contributed by atoms with Gasteiger partial charge in [0.25, 0.3) is 0 Å². The van der Waals surface area contributed by atoms with Gasteiger partial charge in [0.1, 0.15) is 5.01 Å². The topological polar surface area (TPSA) is 28.2 Å². The molecule has 4 heteroatoms. The Balaban J connectivity index is 1.75. The van der Waals surface area contributed by atoms with Crippen LogP contribution in [0.3, 0.4) is 0 Å². The number of hydrogen-bond acceptors (Lipinski definition) is 4. The van der Waals surface area contributed by atoms with Gasteiger partial charge in [-0.25, -0.2) is 4.98 Å². The van der Waals surface area contributed by atoms with Crippen molar-refractivity contribution in [2.75, 3.05) is 13.1 Å². The molecule has 1 aliphatic rings. The highest BCUT2D eigenvalue weighted by atomic mass is 32.1. The fraction of sp³-hybridized carbons (Fsp3) is 0.769. The van der Waals surface area contributed by atoms with Gasteiger partial charge in [-0.1, -0.05) is 0 Å². The number of aromatic nitrogens is 1. The van der Waals surface area contributed by atoms with Crippen LogP contribution in [0.15, 0.2) is 11.6 Å². The summed E-state index contributed by atoms with van der Waals surface area (Å²) >= 11 is 1.74. The second-order valence-electron chi connectivity index (χ2n) is 5.06. The van der Waals surface area contributed by atoms with Gasteiger partial charge in [0.2, 0.25) is 0 Å². The number of likely N-dealkylation sites (tertiary alicyclic amines) is 1. The normalized spacial score (nSPS) is 22.9. The Kier molecular flexibility index (Phi) is 4.95. The van der Waals surface area contributed by atoms with E-state index in [2.05, 4.69) is 29.0 Å². The maximum absolute atomic E-state index is 4.31. The van der Waals surface area contributed by atoms with Crippen molar-refractivity contribution in [3.8, 4) is 0 Å². The van der Waals surface area contributed by atoms with Crippen molar-refractivity contribution in [2.24, 2.45) is 0 Å². The van der Waals surface area contributed by atoms with Gasteiger partial charge in [0.05, 0.1) is 0 Å². The molecule has 0 aromatic carbocycles. The molecule has 2 heterocycles. The first kappa shape index (κ1) is 13.0. The van der Waals surface area contributed by atoms with Crippen LogP contribution in [0.25, 0.3) is 0 Å². The molecule has 17 heavy (non-hydrogen) atoms. The van der Waals surface area contributed by atoms with Crippen LogP contribution in [0.4, 0.5) is 0 Å². The van der Waals surface area contributed by atoms with Crippen LogP contribution >= 0.6 is 11.3 Å². The lowest BCUT2D eigenvalue weighted by atomic mass is 10.1. The Morgan fingerprint density at radius 1 is 1.47 bits per heavy atom. The van der Waals surface area contributed by atoms with Crippen LogP contribution in [-0.4, -0.2) is 35.1 Å². The monoisotopic (exact) mass is 253 g/mol. The van der Waals surface area contributed by atoms with E-state index in [9.17, 15) is 0 Å². The van der Waals surface area contributed by atoms with Crippen molar-refractivity contribution in [3.63, 3.8) is 0 Å². The quantitative estimate of drug-likeness (QED) is 0.893. The van der Waals surface area contributed by atoms with Gasteiger partial charge in [0.15, 0.2) is 0 Å². The lowest BCUT2D eigenvalue weighted by Gasteiger charge is -2.24. The molecule has 1 aliphatic heterocycles. The number of nitrogens with one attached hydrogen (secondary N) is 1. The molecule has 1 fully saturated rings. The molecule has 0 radical (unpaired) electrons. The summed E-state index contributed by atoms with van der Waals surface area (Å²) < 4.78 is 0. The Labute approximate surface area is 108 Å². The van der Waals surface area contributed by atoms with Gasteiger partial charge >= 0.3 is 0 Å². The molecule has 1 saturated heterocycles. The van der Waals surface area contributed by atoms with Crippen LogP contribution in [0.5, 0.6) is 0 Å². The van der Waals surface area contributed by atoms with Gasteiger partial charge in [0, 0.05) is 30.2 Å². The summed E-state index contributed by atoms with van der Waals surface area (Å²) in [6, 6.07) is 1.36. The highest BCUT2D eigenvalue weighted by Gasteiger charge is 2.18. The highest BCUT2D eigenvalue weighted by molar-refractivity contribution is 7.09. The molecule has 1 unspecified atom stereocenters. The van der Waals surface area contributed by atoms with E-state index in [1.807, 2.05) is 11.6 Å². The molecule has 0 spiro atoms. The van der Waals surface area contributed by atoms with Crippen LogP contribution in [-0.2, 0) is 6.54 Å². The molecular weight excluding hydrogens is 230 g/mol. The van der Waals surface area contributed by atoms with Crippen LogP contribution in [0.1, 0.15) is 38.1 Å². The Bertz CT molecular complexity index is 310. The lowest BCUT2D eigenvalue weighted by molar-refractivity contribution is 0.229. The molecule has 96 valence electrons. The third-order valence-electron chi connectivity index (χ3n) is 3.52. The summed E-state index contributed by atoms with van der Waals surface area (Å²) in [6.45, 7) is 8.01. The SMILES string of the molecule is CC(C)N1CCCC(NCc2nccs2)CC1. The maximum atomic E-state index is 4.31. The average molecular weight is 253 g/mol. The van der Waals surface area contributed by atoms with E-state index in [0.717, 1.165) is 6.54 Å². The van der Waals surface area contributed by atoms with Gasteiger partial charge in [-0.15, -0.1) is 11.3 Å². The van der Waals surface area contributed by atoms with Crippen LogP contribution in [0.2, 0.25) is 0 Å². The molecule has 1 N–H and O–H groups in total. The average Bonchev–Trinajstić information content (AvgIpc) is 2.70. The third-order valence-corrected chi connectivity index (χ3v) is 4.30. The van der Waals surface area contributed by atoms with Crippen molar-refractivity contribution in [2.45, 2.75) is 51.7 Å². The molecule has 0 aliphatic carbocycles. The van der Waals surface area contributed by atoms with E-state index < -0.39 is 0 Å². The molecule has 0 bridgehead atoms. The van der Waals surface area contributed by atoms with Crippen molar-refractivity contribution >= 4 is 11.3 Å². The summed E-state index contributed by atoms with van der Waals surface area (Å²) in [7, 11) is 0. The first-order valence-corrected chi connectivity index (χ1v) is 7.49. The van der Waals surface area contributed by atoms with Crippen molar-refractivity contribution in [1.82, 2.24) is 15.2 Å². The predicted octanol–water partition coefficient (Wildman–Crippen LogP) is 2.50. The fourth-order valence-corrected chi connectivity index (χ4v) is 2.98. The van der Waals surface area contributed by atoms with E-state index >= 15 is 0 Å². The maximum Gasteiger partial charge on any atom is 0.106 e. The van der Waals surface area contributed by atoms with E-state index in [-0.39, 0.29) is 0 Å². The first-order valence-electron chi connectivity index (χ1n) is 6.61. The molecule has 3 nitrogen and oxygen atoms in total. The summed E-state index contributed by atoms with van der Waals surface area (Å²) in [4.78, 5) is 6.90. The molecular formula is C13H23N3S. The minimum absolute atomic E-state index is 0.669. The summed E-state index contributed by atoms with van der Waals surface area (Å²) in [5, 5.41) is 6.89. The van der Waals surface area contributed by atoms with Gasteiger partial charge in [-0.3, -0.25) is 0 Å². The second-order valence-corrected chi connectivity index (χ2v) is 6.04. The molecule has 0 amide bonds. The third kappa shape index (κ3) is 4.05. The zero-order valence-electron chi connectivity index (χ0n) is 10.9. The number of nitrogens with zero attached hydrogens (tertiary/aromatic N) is 2. The predicted molar refractivity (Wildman–Crippen MR) is 73.3 cm³/mol. The van der Waals surface area contributed by atoms with Crippen molar-refractivity contribution in [1.29, 1.82) is 0 Å². The summed E-state index contributed by atoms with van der Waals surface area (Å²) in [5.74, 6) is 0. The zero-order chi connectivity index (χ0) is 12.1. The second kappa shape index (κ2) is 6.47. The molecule has 2 rings (SSSR count). The van der Waals surface area contributed by atoms with E-state index in [1.165, 1.54) is 37.4 Å². The Morgan fingerprint density at radius 3 is 3.06 bits per heavy atom. The highest BCUT2D eigenvalue weighted by Crippen LogP contribution is 2.14. The molecule has 1 atom stereocenters. The first-order chi connectivity index (χ1) is 8.25. The minimum Gasteiger partial charge on any atom is -0.308 e. The zero-order valence-corrected chi connectivity index (χ0v) is 11.7. The van der Waals surface area contributed by atoms with E-state index in [4.69, 9.17) is 0 Å². The van der Waals surface area contributed by atoms with E-state index in [0.29, 0.717) is 12.1 Å². The fourth-order valence-electron chi connectivity index (χ4n) is 2.41. The van der Waals surface area contributed by atoms with Crippen molar-refractivity contribution in [3.05, 3.63) is 16.6 Å². The Morgan fingerprint density at radius 2 is 2.35 bits per heavy atom. The standard InChI is InChI=1S/C13H23N3S/c1-11(2)16-7-3-4-12(5-8-16)15-10-13-14-6-9-17-13/h6,9,11-12,15H,3-5,7-8,10H2,1-2H3. The largest absolute Gasteiger partial charge is 0.308 e. The van der Waals surface area contributed by atoms with Crippen molar-refractivity contribution < 1.29 is 0 Å². The van der Waals surface area contributed by atoms with Gasteiger partial charge in [-0.2, -0.15) is 0 Å². The number of rotatable bonds is 4. The summed E-state index contributed by atoms with van der Waals surface area (Å²) in [5.41, 5.74) is 0. The van der Waals surface area contributed by atoms with Gasteiger partial charge in [-0.05, 0) is 46.2 Å². The Hall–Kier alpha value is -0.450. The van der Waals surface area contributed by atoms with Crippen LogP contribution < -0.4 is 5.32 Å². The molecule has 1 aromatic rings.